The molecule has 0 saturated heterocycles. The molecule has 0 aromatic carbocycles. The van der Waals surface area contributed by atoms with E-state index in [0.29, 0.717) is 5.92 Å². The van der Waals surface area contributed by atoms with Gasteiger partial charge in [-0.25, -0.2) is 0 Å². The second kappa shape index (κ2) is 2.63. The fourth-order valence-corrected chi connectivity index (χ4v) is 4.35. The van der Waals surface area contributed by atoms with E-state index in [2.05, 4.69) is 6.08 Å². The van der Waals surface area contributed by atoms with Gasteiger partial charge < -0.3 is 0 Å². The van der Waals surface area contributed by atoms with Crippen LogP contribution >= 0.6 is 0 Å². The summed E-state index contributed by atoms with van der Waals surface area (Å²) in [6.07, 6.45) is 5.44. The molecule has 4 aliphatic carbocycles. The maximum atomic E-state index is 12.3. The zero-order valence-corrected chi connectivity index (χ0v) is 10.2. The summed E-state index contributed by atoms with van der Waals surface area (Å²) in [6, 6.07) is 0. The molecule has 0 amide bonds. The maximum absolute atomic E-state index is 12.3. The molecule has 88 valence electrons. The van der Waals surface area contributed by atoms with E-state index in [0.717, 1.165) is 17.6 Å². The molecule has 4 aliphatic rings. The molecule has 0 bridgehead atoms. The van der Waals surface area contributed by atoms with Gasteiger partial charge in [0.15, 0.2) is 11.6 Å². The summed E-state index contributed by atoms with van der Waals surface area (Å²) in [7, 11) is 0. The van der Waals surface area contributed by atoms with Crippen LogP contribution in [0.25, 0.3) is 0 Å². The van der Waals surface area contributed by atoms with Gasteiger partial charge in [-0.3, -0.25) is 9.59 Å². The first-order valence-corrected chi connectivity index (χ1v) is 6.56. The molecule has 1 spiro atoms. The lowest BCUT2D eigenvalue weighted by Gasteiger charge is -2.21. The third-order valence-electron chi connectivity index (χ3n) is 5.35. The van der Waals surface area contributed by atoms with Gasteiger partial charge in [0.25, 0.3) is 0 Å². The first kappa shape index (κ1) is 9.81. The third-order valence-corrected chi connectivity index (χ3v) is 5.35. The van der Waals surface area contributed by atoms with E-state index in [1.807, 2.05) is 13.8 Å². The second-order valence-corrected chi connectivity index (χ2v) is 6.24. The Morgan fingerprint density at radius 1 is 1.24 bits per heavy atom. The molecule has 0 heterocycles. The molecule has 0 aliphatic heterocycles. The molecule has 0 radical (unpaired) electrons. The highest BCUT2D eigenvalue weighted by Gasteiger charge is 2.65. The second-order valence-electron chi connectivity index (χ2n) is 6.24. The molecule has 2 heteroatoms. The fraction of sp³-hybridized carbons (Fsp3) is 0.600. The summed E-state index contributed by atoms with van der Waals surface area (Å²) in [5.41, 5.74) is 3.40. The van der Waals surface area contributed by atoms with Crippen LogP contribution in [0.5, 0.6) is 0 Å². The van der Waals surface area contributed by atoms with E-state index in [1.165, 1.54) is 18.4 Å². The predicted molar refractivity (Wildman–Crippen MR) is 63.2 cm³/mol. The van der Waals surface area contributed by atoms with E-state index in [9.17, 15) is 9.59 Å². The van der Waals surface area contributed by atoms with Gasteiger partial charge in [0.05, 0.1) is 5.92 Å². The summed E-state index contributed by atoms with van der Waals surface area (Å²) in [4.78, 5) is 24.5. The van der Waals surface area contributed by atoms with Crippen LogP contribution in [0.1, 0.15) is 33.1 Å². The molecule has 0 aromatic heterocycles. The highest BCUT2D eigenvalue weighted by atomic mass is 16.1. The predicted octanol–water partition coefficient (Wildman–Crippen LogP) is 2.45. The highest BCUT2D eigenvalue weighted by molar-refractivity contribution is 6.12. The van der Waals surface area contributed by atoms with Crippen molar-refractivity contribution in [3.8, 4) is 0 Å². The van der Waals surface area contributed by atoms with E-state index in [1.54, 1.807) is 0 Å². The van der Waals surface area contributed by atoms with Gasteiger partial charge >= 0.3 is 0 Å². The highest BCUT2D eigenvalue weighted by Crippen LogP contribution is 2.71. The van der Waals surface area contributed by atoms with Gasteiger partial charge in [-0.1, -0.05) is 18.6 Å². The molecular formula is C15H16O2. The molecule has 0 N–H and O–H groups in total. The maximum Gasteiger partial charge on any atom is 0.166 e. The topological polar surface area (TPSA) is 34.1 Å². The molecular weight excluding hydrogens is 212 g/mol. The molecule has 4 rings (SSSR count). The first-order chi connectivity index (χ1) is 8.06. The Morgan fingerprint density at radius 2 is 1.94 bits per heavy atom. The van der Waals surface area contributed by atoms with Crippen LogP contribution in [-0.2, 0) is 9.59 Å². The van der Waals surface area contributed by atoms with E-state index in [4.69, 9.17) is 0 Å². The van der Waals surface area contributed by atoms with Crippen LogP contribution in [-0.4, -0.2) is 11.6 Å². The van der Waals surface area contributed by atoms with Crippen LogP contribution in [0.3, 0.4) is 0 Å². The number of allylic oxidation sites excluding steroid dienone is 4. The van der Waals surface area contributed by atoms with Gasteiger partial charge in [-0.15, -0.1) is 0 Å². The summed E-state index contributed by atoms with van der Waals surface area (Å²) < 4.78 is 0. The molecule has 3 unspecified atom stereocenters. The van der Waals surface area contributed by atoms with E-state index < -0.39 is 0 Å². The average molecular weight is 228 g/mol. The van der Waals surface area contributed by atoms with Gasteiger partial charge in [-0.05, 0) is 37.2 Å². The summed E-state index contributed by atoms with van der Waals surface area (Å²) in [5, 5.41) is 0. The van der Waals surface area contributed by atoms with Crippen molar-refractivity contribution in [2.24, 2.45) is 23.2 Å². The number of Topliss-reactive ketones (excluding diaryl/α,β-unsaturated/α-hetero) is 2. The molecule has 3 atom stereocenters. The number of fused-ring (bicyclic) bond motifs is 4. The van der Waals surface area contributed by atoms with Gasteiger partial charge in [0.2, 0.25) is 0 Å². The first-order valence-electron chi connectivity index (χ1n) is 6.56. The number of hydrogen-bond donors (Lipinski definition) is 0. The van der Waals surface area contributed by atoms with Crippen LogP contribution < -0.4 is 0 Å². The minimum atomic E-state index is -0.0926. The average Bonchev–Trinajstić information content (AvgIpc) is 2.91. The van der Waals surface area contributed by atoms with E-state index in [-0.39, 0.29) is 28.8 Å². The Kier molecular flexibility index (Phi) is 1.52. The number of carbonyl (C=O) groups is 2. The number of hydrogen-bond acceptors (Lipinski definition) is 2. The van der Waals surface area contributed by atoms with Gasteiger partial charge in [0, 0.05) is 17.4 Å². The largest absolute Gasteiger partial charge is 0.294 e. The van der Waals surface area contributed by atoms with Crippen molar-refractivity contribution < 1.29 is 9.59 Å². The number of rotatable bonds is 0. The Morgan fingerprint density at radius 3 is 2.59 bits per heavy atom. The van der Waals surface area contributed by atoms with Crippen LogP contribution in [0.4, 0.5) is 0 Å². The summed E-state index contributed by atoms with van der Waals surface area (Å²) in [6.45, 7) is 3.91. The summed E-state index contributed by atoms with van der Waals surface area (Å²) in [5.74, 6) is 0.831. The molecule has 1 fully saturated rings. The molecule has 17 heavy (non-hydrogen) atoms. The minimum Gasteiger partial charge on any atom is -0.294 e. The van der Waals surface area contributed by atoms with Crippen molar-refractivity contribution in [2.75, 3.05) is 0 Å². The molecule has 0 aromatic rings. The Labute approximate surface area is 101 Å². The normalized spacial score (nSPS) is 41.1. The lowest BCUT2D eigenvalue weighted by molar-refractivity contribution is -0.122. The van der Waals surface area contributed by atoms with Crippen LogP contribution in [0.2, 0.25) is 0 Å². The minimum absolute atomic E-state index is 0.0926. The quantitative estimate of drug-likeness (QED) is 0.638. The van der Waals surface area contributed by atoms with Crippen molar-refractivity contribution >= 4 is 11.6 Å². The lowest BCUT2D eigenvalue weighted by atomic mass is 9.80. The zero-order chi connectivity index (χ0) is 11.9. The molecule has 1 saturated carbocycles. The summed E-state index contributed by atoms with van der Waals surface area (Å²) >= 11 is 0. The Bertz CT molecular complexity index is 531. The van der Waals surface area contributed by atoms with Crippen molar-refractivity contribution in [1.29, 1.82) is 0 Å². The number of ketones is 2. The van der Waals surface area contributed by atoms with Gasteiger partial charge in [0.1, 0.15) is 0 Å². The Hall–Kier alpha value is -1.18. The van der Waals surface area contributed by atoms with Crippen LogP contribution in [0.15, 0.2) is 22.8 Å². The van der Waals surface area contributed by atoms with E-state index >= 15 is 0 Å². The molecule has 2 nitrogen and oxygen atoms in total. The van der Waals surface area contributed by atoms with Crippen molar-refractivity contribution in [1.82, 2.24) is 0 Å². The third kappa shape index (κ3) is 0.907. The number of carbonyl (C=O) groups excluding carboxylic acids is 2. The zero-order valence-electron chi connectivity index (χ0n) is 10.2. The monoisotopic (exact) mass is 228 g/mol. The Balaban J connectivity index is 1.90. The van der Waals surface area contributed by atoms with Crippen LogP contribution in [0, 0.1) is 23.2 Å². The SMILES string of the molecule is CC1=CC2C(C1=O)C1=C(CC(C)C1=O)C21CC1. The van der Waals surface area contributed by atoms with Gasteiger partial charge in [-0.2, -0.15) is 0 Å². The van der Waals surface area contributed by atoms with Crippen molar-refractivity contribution in [3.05, 3.63) is 22.8 Å². The smallest absolute Gasteiger partial charge is 0.166 e. The van der Waals surface area contributed by atoms with Crippen molar-refractivity contribution in [3.63, 3.8) is 0 Å². The fourth-order valence-electron chi connectivity index (χ4n) is 4.35. The van der Waals surface area contributed by atoms with Crippen molar-refractivity contribution in [2.45, 2.75) is 33.1 Å². The standard InChI is InChI=1S/C15H16O2/c1-7-5-9-11(13(7)16)12-10(15(9)3-4-15)6-8(2)14(12)17/h5,8-9,11H,3-4,6H2,1-2H3. The lowest BCUT2D eigenvalue weighted by Crippen LogP contribution is -2.24.